The van der Waals surface area contributed by atoms with Gasteiger partial charge in [-0.1, -0.05) is 0 Å². The lowest BCUT2D eigenvalue weighted by atomic mass is 10.3. The van der Waals surface area contributed by atoms with Gasteiger partial charge in [0.1, 0.15) is 0 Å². The Hall–Kier alpha value is -0.230. The molecule has 14 heavy (non-hydrogen) atoms. The number of sulfone groups is 1. The van der Waals surface area contributed by atoms with E-state index >= 15 is 0 Å². The average molecular weight is 229 g/mol. The molecule has 0 rings (SSSR count). The van der Waals surface area contributed by atoms with Gasteiger partial charge in [-0.3, -0.25) is 0 Å². The highest BCUT2D eigenvalue weighted by atomic mass is 32.2. The molecule has 0 unspecified atom stereocenters. The van der Waals surface area contributed by atoms with Gasteiger partial charge in [0.25, 0.3) is 6.43 Å². The minimum atomic E-state index is -3.20. The monoisotopic (exact) mass is 229 g/mol. The van der Waals surface area contributed by atoms with E-state index in [1.807, 2.05) is 0 Å². The summed E-state index contributed by atoms with van der Waals surface area (Å²) in [6, 6.07) is 0. The Morgan fingerprint density at radius 1 is 1.29 bits per heavy atom. The number of halogens is 2. The van der Waals surface area contributed by atoms with Crippen LogP contribution in [0.1, 0.15) is 20.8 Å². The lowest BCUT2D eigenvalue weighted by molar-refractivity contribution is 0.147. The van der Waals surface area contributed by atoms with E-state index in [1.165, 1.54) is 0 Å². The highest BCUT2D eigenvalue weighted by Gasteiger charge is 2.28. The lowest BCUT2D eigenvalue weighted by Gasteiger charge is -2.19. The van der Waals surface area contributed by atoms with Crippen molar-refractivity contribution < 1.29 is 17.2 Å². The van der Waals surface area contributed by atoms with Crippen molar-refractivity contribution in [1.82, 2.24) is 5.32 Å². The Morgan fingerprint density at radius 2 is 1.79 bits per heavy atom. The quantitative estimate of drug-likeness (QED) is 0.717. The first-order chi connectivity index (χ1) is 6.17. The van der Waals surface area contributed by atoms with Crippen molar-refractivity contribution in [2.45, 2.75) is 31.9 Å². The van der Waals surface area contributed by atoms with Gasteiger partial charge in [-0.05, 0) is 20.8 Å². The molecule has 6 heteroatoms. The fourth-order valence-corrected chi connectivity index (χ4v) is 1.75. The molecule has 0 saturated heterocycles. The van der Waals surface area contributed by atoms with E-state index in [0.717, 1.165) is 0 Å². The van der Waals surface area contributed by atoms with Crippen LogP contribution in [0.3, 0.4) is 0 Å². The molecule has 0 amide bonds. The molecule has 0 atom stereocenters. The van der Waals surface area contributed by atoms with Gasteiger partial charge >= 0.3 is 0 Å². The predicted molar refractivity (Wildman–Crippen MR) is 52.4 cm³/mol. The summed E-state index contributed by atoms with van der Waals surface area (Å²) in [4.78, 5) is 0. The minimum Gasteiger partial charge on any atom is -0.310 e. The number of hydrogen-bond acceptors (Lipinski definition) is 3. The molecule has 0 aromatic heterocycles. The summed E-state index contributed by atoms with van der Waals surface area (Å²) in [5, 5.41) is 2.38. The molecule has 0 aromatic carbocycles. The Morgan fingerprint density at radius 3 is 2.14 bits per heavy atom. The Kier molecular flexibility index (Phi) is 4.94. The van der Waals surface area contributed by atoms with Crippen molar-refractivity contribution >= 4 is 9.84 Å². The fraction of sp³-hybridized carbons (Fsp3) is 1.00. The summed E-state index contributed by atoms with van der Waals surface area (Å²) >= 11 is 0. The van der Waals surface area contributed by atoms with Crippen LogP contribution in [0, 0.1) is 0 Å². The Balaban J connectivity index is 3.91. The maximum atomic E-state index is 11.7. The number of nitrogens with one attached hydrogen (secondary N) is 1. The molecule has 86 valence electrons. The van der Waals surface area contributed by atoms with E-state index in [9.17, 15) is 17.2 Å². The molecule has 0 spiro atoms. The number of alkyl halides is 2. The fourth-order valence-electron chi connectivity index (χ4n) is 0.724. The zero-order chi connectivity index (χ0) is 11.4. The van der Waals surface area contributed by atoms with Gasteiger partial charge in [0.15, 0.2) is 9.84 Å². The molecule has 0 aliphatic rings. The molecular formula is C8H17F2NO2S. The van der Waals surface area contributed by atoms with Gasteiger partial charge < -0.3 is 5.32 Å². The first-order valence-corrected chi connectivity index (χ1v) is 6.03. The lowest BCUT2D eigenvalue weighted by Crippen LogP contribution is -2.35. The summed E-state index contributed by atoms with van der Waals surface area (Å²) in [7, 11) is -3.20. The summed E-state index contributed by atoms with van der Waals surface area (Å²) < 4.78 is 45.5. The van der Waals surface area contributed by atoms with Gasteiger partial charge in [-0.25, -0.2) is 17.2 Å². The Bertz CT molecular complexity index is 257. The van der Waals surface area contributed by atoms with Crippen LogP contribution in [0.15, 0.2) is 0 Å². The van der Waals surface area contributed by atoms with E-state index < -0.39 is 27.6 Å². The normalized spacial score (nSPS) is 13.6. The molecular weight excluding hydrogens is 212 g/mol. The van der Waals surface area contributed by atoms with Crippen molar-refractivity contribution in [2.75, 3.05) is 18.8 Å². The molecule has 0 aliphatic carbocycles. The van der Waals surface area contributed by atoms with Crippen LogP contribution in [0.4, 0.5) is 8.78 Å². The zero-order valence-corrected chi connectivity index (χ0v) is 9.50. The predicted octanol–water partition coefficient (Wildman–Crippen LogP) is 1.05. The van der Waals surface area contributed by atoms with Crippen LogP contribution >= 0.6 is 0 Å². The van der Waals surface area contributed by atoms with Gasteiger partial charge in [0.05, 0.1) is 17.0 Å². The second kappa shape index (κ2) is 5.02. The van der Waals surface area contributed by atoms with Crippen LogP contribution in [-0.4, -0.2) is 38.4 Å². The molecule has 3 nitrogen and oxygen atoms in total. The van der Waals surface area contributed by atoms with E-state index in [2.05, 4.69) is 5.32 Å². The van der Waals surface area contributed by atoms with E-state index in [-0.39, 0.29) is 12.3 Å². The maximum absolute atomic E-state index is 11.7. The second-order valence-electron chi connectivity index (χ2n) is 4.03. The van der Waals surface area contributed by atoms with Gasteiger partial charge in [0.2, 0.25) is 0 Å². The summed E-state index contributed by atoms with van der Waals surface area (Å²) in [6.45, 7) is 4.39. The van der Waals surface area contributed by atoms with Crippen LogP contribution in [0.2, 0.25) is 0 Å². The van der Waals surface area contributed by atoms with E-state index in [4.69, 9.17) is 0 Å². The highest BCUT2D eigenvalue weighted by molar-refractivity contribution is 7.92. The first kappa shape index (κ1) is 13.8. The van der Waals surface area contributed by atoms with Crippen molar-refractivity contribution in [3.05, 3.63) is 0 Å². The first-order valence-electron chi connectivity index (χ1n) is 4.38. The van der Waals surface area contributed by atoms with Gasteiger partial charge in [-0.2, -0.15) is 0 Å². The second-order valence-corrected chi connectivity index (χ2v) is 6.89. The van der Waals surface area contributed by atoms with E-state index in [1.54, 1.807) is 20.8 Å². The van der Waals surface area contributed by atoms with Crippen LogP contribution in [0.5, 0.6) is 0 Å². The van der Waals surface area contributed by atoms with E-state index in [0.29, 0.717) is 0 Å². The zero-order valence-electron chi connectivity index (χ0n) is 8.68. The molecule has 0 aliphatic heterocycles. The van der Waals surface area contributed by atoms with Crippen molar-refractivity contribution in [1.29, 1.82) is 0 Å². The molecule has 0 radical (unpaired) electrons. The SMILES string of the molecule is CC(C)(C)S(=O)(=O)CCNCC(F)F. The summed E-state index contributed by atoms with van der Waals surface area (Å²) in [5.74, 6) is -0.108. The molecule has 0 heterocycles. The van der Waals surface area contributed by atoms with Crippen LogP contribution in [-0.2, 0) is 9.84 Å². The molecule has 0 bridgehead atoms. The van der Waals surface area contributed by atoms with Gasteiger partial charge in [0, 0.05) is 6.54 Å². The molecule has 0 saturated carbocycles. The number of hydrogen-bond donors (Lipinski definition) is 1. The average Bonchev–Trinajstić information content (AvgIpc) is 1.95. The standard InChI is InChI=1S/C8H17F2NO2S/c1-8(2,3)14(12,13)5-4-11-6-7(9)10/h7,11H,4-6H2,1-3H3. The minimum absolute atomic E-state index is 0.0734. The van der Waals surface area contributed by atoms with Crippen molar-refractivity contribution in [3.8, 4) is 0 Å². The van der Waals surface area contributed by atoms with Crippen molar-refractivity contribution in [3.63, 3.8) is 0 Å². The highest BCUT2D eigenvalue weighted by Crippen LogP contribution is 2.15. The summed E-state index contributed by atoms with van der Waals surface area (Å²) in [5.41, 5.74) is 0. The number of rotatable bonds is 5. The molecule has 0 aromatic rings. The third-order valence-electron chi connectivity index (χ3n) is 1.78. The third-order valence-corrected chi connectivity index (χ3v) is 4.39. The third kappa shape index (κ3) is 4.85. The smallest absolute Gasteiger partial charge is 0.250 e. The van der Waals surface area contributed by atoms with Gasteiger partial charge in [-0.15, -0.1) is 0 Å². The molecule has 1 N–H and O–H groups in total. The molecule has 0 fully saturated rings. The van der Waals surface area contributed by atoms with Crippen LogP contribution < -0.4 is 5.32 Å². The van der Waals surface area contributed by atoms with Crippen LogP contribution in [0.25, 0.3) is 0 Å². The largest absolute Gasteiger partial charge is 0.310 e. The Labute approximate surface area is 83.8 Å². The summed E-state index contributed by atoms with van der Waals surface area (Å²) in [6.07, 6.45) is -2.44. The van der Waals surface area contributed by atoms with Crippen molar-refractivity contribution in [2.24, 2.45) is 0 Å². The maximum Gasteiger partial charge on any atom is 0.250 e. The topological polar surface area (TPSA) is 46.2 Å².